The second kappa shape index (κ2) is 6.71. The predicted molar refractivity (Wildman–Crippen MR) is 88.1 cm³/mol. The molecule has 0 aliphatic carbocycles. The molecule has 0 aliphatic heterocycles. The first-order chi connectivity index (χ1) is 10.1. The van der Waals surface area contributed by atoms with Crippen molar-refractivity contribution in [2.24, 2.45) is 0 Å². The Kier molecular flexibility index (Phi) is 4.72. The van der Waals surface area contributed by atoms with E-state index in [2.05, 4.69) is 30.3 Å². The molecule has 2 aromatic carbocycles. The first-order valence-electron chi connectivity index (χ1n) is 6.81. The molecule has 0 aliphatic rings. The van der Waals surface area contributed by atoms with E-state index in [0.29, 0.717) is 5.57 Å². The van der Waals surface area contributed by atoms with Gasteiger partial charge < -0.3 is 5.11 Å². The highest BCUT2D eigenvalue weighted by atomic mass is 16.4. The maximum Gasteiger partial charge on any atom is 0.328 e. The fourth-order valence-electron chi connectivity index (χ4n) is 2.12. The third kappa shape index (κ3) is 4.18. The standard InChI is InChI=1S/C19H18O2/c1-14(12-19(20)21)6-5-7-15(2)17-11-10-16-8-3-4-9-18(16)13-17/h3-13H,1-2H3,(H,20,21)/b6-5+,14-12+,15-7-. The van der Waals surface area contributed by atoms with Crippen LogP contribution in [-0.4, -0.2) is 11.1 Å². The van der Waals surface area contributed by atoms with E-state index >= 15 is 0 Å². The van der Waals surface area contributed by atoms with Gasteiger partial charge in [0.2, 0.25) is 0 Å². The van der Waals surface area contributed by atoms with E-state index in [0.717, 1.165) is 5.57 Å². The summed E-state index contributed by atoms with van der Waals surface area (Å²) in [6.07, 6.45) is 6.84. The van der Waals surface area contributed by atoms with Gasteiger partial charge in [-0.25, -0.2) is 4.79 Å². The van der Waals surface area contributed by atoms with Crippen LogP contribution in [0.3, 0.4) is 0 Å². The van der Waals surface area contributed by atoms with Crippen molar-refractivity contribution in [2.75, 3.05) is 0 Å². The third-order valence-corrected chi connectivity index (χ3v) is 3.26. The van der Waals surface area contributed by atoms with Crippen LogP contribution >= 0.6 is 0 Å². The molecule has 0 amide bonds. The lowest BCUT2D eigenvalue weighted by molar-refractivity contribution is -0.131. The lowest BCUT2D eigenvalue weighted by Crippen LogP contribution is -1.87. The van der Waals surface area contributed by atoms with E-state index in [1.165, 1.54) is 22.4 Å². The van der Waals surface area contributed by atoms with Gasteiger partial charge in [-0.1, -0.05) is 54.6 Å². The molecule has 2 nitrogen and oxygen atoms in total. The summed E-state index contributed by atoms with van der Waals surface area (Å²) in [7, 11) is 0. The number of hydrogen-bond acceptors (Lipinski definition) is 1. The van der Waals surface area contributed by atoms with Crippen molar-refractivity contribution in [3.63, 3.8) is 0 Å². The Morgan fingerprint density at radius 3 is 2.48 bits per heavy atom. The predicted octanol–water partition coefficient (Wildman–Crippen LogP) is 4.83. The minimum atomic E-state index is -0.924. The lowest BCUT2D eigenvalue weighted by Gasteiger charge is -2.03. The molecule has 0 atom stereocenters. The summed E-state index contributed by atoms with van der Waals surface area (Å²) in [5.74, 6) is -0.924. The molecule has 0 radical (unpaired) electrons. The fraction of sp³-hybridized carbons (Fsp3) is 0.105. The van der Waals surface area contributed by atoms with Crippen LogP contribution in [-0.2, 0) is 4.79 Å². The van der Waals surface area contributed by atoms with Gasteiger partial charge in [0.25, 0.3) is 0 Å². The Labute approximate surface area is 124 Å². The van der Waals surface area contributed by atoms with Crippen LogP contribution < -0.4 is 0 Å². The quantitative estimate of drug-likeness (QED) is 0.642. The van der Waals surface area contributed by atoms with Crippen LogP contribution in [0.5, 0.6) is 0 Å². The van der Waals surface area contributed by atoms with Gasteiger partial charge in [0, 0.05) is 6.08 Å². The molecule has 2 rings (SSSR count). The summed E-state index contributed by atoms with van der Waals surface area (Å²) in [4.78, 5) is 10.5. The van der Waals surface area contributed by atoms with Crippen molar-refractivity contribution in [3.8, 4) is 0 Å². The second-order valence-corrected chi connectivity index (χ2v) is 5.00. The number of fused-ring (bicyclic) bond motifs is 1. The third-order valence-electron chi connectivity index (χ3n) is 3.26. The first-order valence-corrected chi connectivity index (χ1v) is 6.81. The fourth-order valence-corrected chi connectivity index (χ4v) is 2.12. The zero-order chi connectivity index (χ0) is 15.2. The van der Waals surface area contributed by atoms with Gasteiger partial charge in [0.1, 0.15) is 0 Å². The number of carbonyl (C=O) groups is 1. The summed E-state index contributed by atoms with van der Waals surface area (Å²) in [5, 5.41) is 11.1. The SMILES string of the molecule is C/C(=C/C=C/C(C)=C/C(=O)O)c1ccc2ccccc2c1. The molecule has 0 heterocycles. The lowest BCUT2D eigenvalue weighted by atomic mass is 10.0. The summed E-state index contributed by atoms with van der Waals surface area (Å²) < 4.78 is 0. The van der Waals surface area contributed by atoms with Gasteiger partial charge in [0.15, 0.2) is 0 Å². The van der Waals surface area contributed by atoms with Crippen molar-refractivity contribution >= 4 is 22.3 Å². The van der Waals surface area contributed by atoms with Gasteiger partial charge in [-0.3, -0.25) is 0 Å². The number of carboxylic acid groups (broad SMARTS) is 1. The van der Waals surface area contributed by atoms with Crippen molar-refractivity contribution in [1.29, 1.82) is 0 Å². The summed E-state index contributed by atoms with van der Waals surface area (Å²) in [6.45, 7) is 3.81. The Bertz CT molecular complexity index is 749. The van der Waals surface area contributed by atoms with Crippen LogP contribution in [0.15, 0.2) is 72.3 Å². The average molecular weight is 278 g/mol. The van der Waals surface area contributed by atoms with E-state index in [1.54, 1.807) is 13.0 Å². The summed E-state index contributed by atoms with van der Waals surface area (Å²) in [6, 6.07) is 14.6. The molecule has 2 aromatic rings. The first kappa shape index (κ1) is 14.8. The van der Waals surface area contributed by atoms with Crippen LogP contribution in [0, 0.1) is 0 Å². The van der Waals surface area contributed by atoms with Gasteiger partial charge in [-0.2, -0.15) is 0 Å². The van der Waals surface area contributed by atoms with Crippen molar-refractivity contribution in [1.82, 2.24) is 0 Å². The number of aliphatic carboxylic acids is 1. The summed E-state index contributed by atoms with van der Waals surface area (Å²) in [5.41, 5.74) is 3.02. The summed E-state index contributed by atoms with van der Waals surface area (Å²) >= 11 is 0. The largest absolute Gasteiger partial charge is 0.478 e. The second-order valence-electron chi connectivity index (χ2n) is 5.00. The van der Waals surface area contributed by atoms with Crippen molar-refractivity contribution < 1.29 is 9.90 Å². The maximum atomic E-state index is 10.5. The van der Waals surface area contributed by atoms with E-state index in [1.807, 2.05) is 31.2 Å². The molecule has 106 valence electrons. The zero-order valence-electron chi connectivity index (χ0n) is 12.2. The number of allylic oxidation sites excluding steroid dienone is 5. The minimum absolute atomic E-state index is 0.713. The molecule has 0 fully saturated rings. The normalized spacial score (nSPS) is 13.0. The van der Waals surface area contributed by atoms with E-state index < -0.39 is 5.97 Å². The minimum Gasteiger partial charge on any atom is -0.478 e. The molecule has 0 spiro atoms. The number of benzene rings is 2. The number of carboxylic acids is 1. The maximum absolute atomic E-state index is 10.5. The van der Waals surface area contributed by atoms with Gasteiger partial charge >= 0.3 is 5.97 Å². The van der Waals surface area contributed by atoms with E-state index in [4.69, 9.17) is 5.11 Å². The molecule has 1 N–H and O–H groups in total. The molecular weight excluding hydrogens is 260 g/mol. The molecule has 21 heavy (non-hydrogen) atoms. The molecule has 2 heteroatoms. The highest BCUT2D eigenvalue weighted by molar-refractivity contribution is 5.86. The van der Waals surface area contributed by atoms with Gasteiger partial charge in [0.05, 0.1) is 0 Å². The monoisotopic (exact) mass is 278 g/mol. The topological polar surface area (TPSA) is 37.3 Å². The van der Waals surface area contributed by atoms with Gasteiger partial charge in [-0.05, 0) is 47.4 Å². The smallest absolute Gasteiger partial charge is 0.328 e. The Balaban J connectivity index is 2.21. The molecule has 0 saturated carbocycles. The van der Waals surface area contributed by atoms with Crippen LogP contribution in [0.2, 0.25) is 0 Å². The molecule has 0 saturated heterocycles. The number of hydrogen-bond donors (Lipinski definition) is 1. The molecule has 0 aromatic heterocycles. The van der Waals surface area contributed by atoms with Gasteiger partial charge in [-0.15, -0.1) is 0 Å². The Morgan fingerprint density at radius 1 is 1.05 bits per heavy atom. The van der Waals surface area contributed by atoms with E-state index in [9.17, 15) is 4.79 Å². The van der Waals surface area contributed by atoms with Crippen molar-refractivity contribution in [2.45, 2.75) is 13.8 Å². The number of rotatable bonds is 4. The highest BCUT2D eigenvalue weighted by Crippen LogP contribution is 2.21. The zero-order valence-corrected chi connectivity index (χ0v) is 12.2. The van der Waals surface area contributed by atoms with Crippen LogP contribution in [0.25, 0.3) is 16.3 Å². The Hall–Kier alpha value is -2.61. The molecule has 0 bridgehead atoms. The Morgan fingerprint density at radius 2 is 1.76 bits per heavy atom. The van der Waals surface area contributed by atoms with Crippen LogP contribution in [0.4, 0.5) is 0 Å². The average Bonchev–Trinajstić information content (AvgIpc) is 2.45. The van der Waals surface area contributed by atoms with E-state index in [-0.39, 0.29) is 0 Å². The molecule has 0 unspecified atom stereocenters. The van der Waals surface area contributed by atoms with Crippen molar-refractivity contribution in [3.05, 3.63) is 77.9 Å². The van der Waals surface area contributed by atoms with Crippen LogP contribution in [0.1, 0.15) is 19.4 Å². The molecular formula is C19H18O2. The highest BCUT2D eigenvalue weighted by Gasteiger charge is 1.97.